The molecule has 2 heterocycles. The van der Waals surface area contributed by atoms with E-state index in [-0.39, 0.29) is 30.3 Å². The van der Waals surface area contributed by atoms with E-state index in [1.54, 1.807) is 9.80 Å². The Bertz CT molecular complexity index is 1290. The van der Waals surface area contributed by atoms with E-state index >= 15 is 0 Å². The number of hydrogen-bond acceptors (Lipinski definition) is 4. The van der Waals surface area contributed by atoms with Crippen LogP contribution in [0.25, 0.3) is 10.4 Å². The summed E-state index contributed by atoms with van der Waals surface area (Å²) in [7, 11) is 0. The predicted molar refractivity (Wildman–Crippen MR) is 141 cm³/mol. The van der Waals surface area contributed by atoms with Crippen LogP contribution in [0.5, 0.6) is 0 Å². The van der Waals surface area contributed by atoms with Crippen LogP contribution in [0, 0.1) is 9.87 Å². The number of aromatic nitrogens is 1. The Kier molecular flexibility index (Phi) is 6.60. The number of carbonyl (C=O) groups is 2. The van der Waals surface area contributed by atoms with Crippen molar-refractivity contribution in [3.63, 3.8) is 0 Å². The standard InChI is InChI=1S/C26H26ClN3O2S2/c1-2-28(19-11-4-3-5-12-19)22(31)16-29-24-23(17-9-8-10-18(27)15-17)34-26(33)30(24)21-14-7-6-13-20(21)25(29)32/h3-5,8-12,15,20-21H,2,6-7,13-14,16H2,1H3. The average molecular weight is 512 g/mol. The molecule has 2 atom stereocenters. The first-order valence-electron chi connectivity index (χ1n) is 11.7. The lowest BCUT2D eigenvalue weighted by Gasteiger charge is -2.42. The van der Waals surface area contributed by atoms with Crippen molar-refractivity contribution in [2.75, 3.05) is 22.9 Å². The summed E-state index contributed by atoms with van der Waals surface area (Å²) in [5.41, 5.74) is 1.74. The summed E-state index contributed by atoms with van der Waals surface area (Å²) < 4.78 is 2.88. The number of thiazole rings is 1. The van der Waals surface area contributed by atoms with E-state index < -0.39 is 0 Å². The van der Waals surface area contributed by atoms with Crippen molar-refractivity contribution in [2.24, 2.45) is 5.92 Å². The first-order chi connectivity index (χ1) is 16.5. The normalized spacial score (nSPS) is 19.5. The monoisotopic (exact) mass is 511 g/mol. The van der Waals surface area contributed by atoms with Crippen LogP contribution in [0.2, 0.25) is 5.02 Å². The number of para-hydroxylation sites is 1. The van der Waals surface area contributed by atoms with Gasteiger partial charge in [0.15, 0.2) is 3.95 Å². The minimum absolute atomic E-state index is 0.0239. The van der Waals surface area contributed by atoms with Crippen LogP contribution in [-0.2, 0) is 9.59 Å². The second kappa shape index (κ2) is 9.64. The second-order valence-corrected chi connectivity index (χ2v) is 10.8. The van der Waals surface area contributed by atoms with Gasteiger partial charge in [0.2, 0.25) is 11.8 Å². The number of benzene rings is 2. The zero-order valence-electron chi connectivity index (χ0n) is 18.9. The van der Waals surface area contributed by atoms with Gasteiger partial charge in [-0.25, -0.2) is 0 Å². The maximum absolute atomic E-state index is 13.9. The molecule has 2 aromatic carbocycles. The number of anilines is 2. The molecule has 5 nitrogen and oxygen atoms in total. The van der Waals surface area contributed by atoms with Crippen LogP contribution >= 0.6 is 35.2 Å². The number of amides is 2. The Labute approximate surface area is 213 Å². The number of hydrogen-bond donors (Lipinski definition) is 0. The molecular weight excluding hydrogens is 486 g/mol. The molecule has 1 fully saturated rings. The van der Waals surface area contributed by atoms with Gasteiger partial charge in [0, 0.05) is 23.3 Å². The molecule has 1 aliphatic carbocycles. The topological polar surface area (TPSA) is 45.6 Å². The van der Waals surface area contributed by atoms with Crippen LogP contribution in [-0.4, -0.2) is 29.5 Å². The zero-order valence-corrected chi connectivity index (χ0v) is 21.3. The molecule has 34 heavy (non-hydrogen) atoms. The molecule has 3 aromatic rings. The predicted octanol–water partition coefficient (Wildman–Crippen LogP) is 6.73. The van der Waals surface area contributed by atoms with Gasteiger partial charge in [0.1, 0.15) is 12.4 Å². The van der Waals surface area contributed by atoms with Gasteiger partial charge < -0.3 is 9.47 Å². The molecule has 0 N–H and O–H groups in total. The minimum Gasteiger partial charge on any atom is -0.311 e. The van der Waals surface area contributed by atoms with E-state index in [1.165, 1.54) is 11.3 Å². The molecule has 1 aliphatic heterocycles. The van der Waals surface area contributed by atoms with Crippen LogP contribution in [0.3, 0.4) is 0 Å². The molecule has 1 saturated carbocycles. The summed E-state index contributed by atoms with van der Waals surface area (Å²) in [4.78, 5) is 31.7. The van der Waals surface area contributed by atoms with Crippen molar-refractivity contribution in [3.05, 3.63) is 63.6 Å². The van der Waals surface area contributed by atoms with Crippen molar-refractivity contribution in [1.29, 1.82) is 0 Å². The van der Waals surface area contributed by atoms with E-state index in [1.807, 2.05) is 61.5 Å². The summed E-state index contributed by atoms with van der Waals surface area (Å²) in [6.45, 7) is 2.45. The van der Waals surface area contributed by atoms with Crippen LogP contribution < -0.4 is 9.80 Å². The number of likely N-dealkylation sites (N-methyl/N-ethyl adjacent to an activating group) is 1. The average Bonchev–Trinajstić information content (AvgIpc) is 3.20. The van der Waals surface area contributed by atoms with Crippen molar-refractivity contribution >= 4 is 58.5 Å². The summed E-state index contributed by atoms with van der Waals surface area (Å²) >= 11 is 13.6. The van der Waals surface area contributed by atoms with E-state index in [0.717, 1.165) is 51.6 Å². The van der Waals surface area contributed by atoms with Crippen LogP contribution in [0.4, 0.5) is 11.5 Å². The molecule has 0 saturated heterocycles. The summed E-state index contributed by atoms with van der Waals surface area (Å²) in [5.74, 6) is 0.507. The van der Waals surface area contributed by atoms with Gasteiger partial charge in [0.05, 0.1) is 10.8 Å². The van der Waals surface area contributed by atoms with Crippen molar-refractivity contribution in [1.82, 2.24) is 4.57 Å². The highest BCUT2D eigenvalue weighted by molar-refractivity contribution is 7.73. The third kappa shape index (κ3) is 4.10. The Hall–Kier alpha value is -2.48. The molecule has 1 aromatic heterocycles. The fraction of sp³-hybridized carbons (Fsp3) is 0.346. The van der Waals surface area contributed by atoms with Gasteiger partial charge in [-0.2, -0.15) is 0 Å². The molecule has 0 bridgehead atoms. The SMILES string of the molecule is CCN(C(=O)CN1C(=O)C2CCCCC2n2c1c(-c1cccc(Cl)c1)sc2=S)c1ccccc1. The van der Waals surface area contributed by atoms with Gasteiger partial charge in [-0.05, 0) is 61.8 Å². The number of halogens is 1. The van der Waals surface area contributed by atoms with Gasteiger partial charge in [-0.1, -0.05) is 54.8 Å². The smallest absolute Gasteiger partial charge is 0.247 e. The van der Waals surface area contributed by atoms with Gasteiger partial charge in [-0.15, -0.1) is 11.3 Å². The fourth-order valence-corrected chi connectivity index (χ4v) is 6.94. The van der Waals surface area contributed by atoms with E-state index in [0.29, 0.717) is 11.6 Å². The van der Waals surface area contributed by atoms with E-state index in [9.17, 15) is 9.59 Å². The number of rotatable bonds is 5. The third-order valence-corrected chi connectivity index (χ3v) is 8.46. The number of fused-ring (bicyclic) bond motifs is 3. The number of carbonyl (C=O) groups excluding carboxylic acids is 2. The maximum atomic E-state index is 13.9. The Morgan fingerprint density at radius 1 is 1.15 bits per heavy atom. The quantitative estimate of drug-likeness (QED) is 0.357. The first-order valence-corrected chi connectivity index (χ1v) is 13.3. The third-order valence-electron chi connectivity index (χ3n) is 6.78. The van der Waals surface area contributed by atoms with Crippen molar-refractivity contribution < 1.29 is 9.59 Å². The molecule has 8 heteroatoms. The number of nitrogens with zero attached hydrogens (tertiary/aromatic N) is 3. The molecular formula is C26H26ClN3O2S2. The van der Waals surface area contributed by atoms with Crippen LogP contribution in [0.15, 0.2) is 54.6 Å². The van der Waals surface area contributed by atoms with E-state index in [4.69, 9.17) is 23.8 Å². The summed E-state index contributed by atoms with van der Waals surface area (Å²) in [6.07, 6.45) is 3.85. The van der Waals surface area contributed by atoms with Gasteiger partial charge in [-0.3, -0.25) is 14.5 Å². The molecule has 0 spiro atoms. The maximum Gasteiger partial charge on any atom is 0.247 e. The zero-order chi connectivity index (χ0) is 23.8. The highest BCUT2D eigenvalue weighted by Crippen LogP contribution is 2.49. The molecule has 176 valence electrons. The fourth-order valence-electron chi connectivity index (χ4n) is 5.24. The lowest BCUT2D eigenvalue weighted by molar-refractivity contribution is -0.128. The Balaban J connectivity index is 1.61. The highest BCUT2D eigenvalue weighted by atomic mass is 35.5. The van der Waals surface area contributed by atoms with Crippen LogP contribution in [0.1, 0.15) is 38.6 Å². The van der Waals surface area contributed by atoms with Gasteiger partial charge >= 0.3 is 0 Å². The van der Waals surface area contributed by atoms with E-state index in [2.05, 4.69) is 4.57 Å². The Morgan fingerprint density at radius 3 is 2.65 bits per heavy atom. The first kappa shape index (κ1) is 23.3. The Morgan fingerprint density at radius 2 is 1.91 bits per heavy atom. The lowest BCUT2D eigenvalue weighted by Crippen LogP contribution is -2.51. The highest BCUT2D eigenvalue weighted by Gasteiger charge is 2.44. The van der Waals surface area contributed by atoms with Gasteiger partial charge in [0.25, 0.3) is 0 Å². The second-order valence-electron chi connectivity index (χ2n) is 8.76. The summed E-state index contributed by atoms with van der Waals surface area (Å²) in [5, 5.41) is 0.622. The molecule has 2 aliphatic rings. The molecule has 2 amide bonds. The van der Waals surface area contributed by atoms with Crippen molar-refractivity contribution in [2.45, 2.75) is 38.6 Å². The summed E-state index contributed by atoms with van der Waals surface area (Å²) in [6, 6.07) is 17.2. The molecule has 0 radical (unpaired) electrons. The minimum atomic E-state index is -0.144. The lowest BCUT2D eigenvalue weighted by atomic mass is 9.82. The largest absolute Gasteiger partial charge is 0.311 e. The molecule has 2 unspecified atom stereocenters. The van der Waals surface area contributed by atoms with Crippen molar-refractivity contribution in [3.8, 4) is 10.4 Å². The molecule has 5 rings (SSSR count).